The van der Waals surface area contributed by atoms with E-state index in [1.165, 1.54) is 5.56 Å². The molecule has 0 saturated heterocycles. The van der Waals surface area contributed by atoms with Crippen molar-refractivity contribution in [3.8, 4) is 0 Å². The molecular formula is C9H11FS. The fourth-order valence-electron chi connectivity index (χ4n) is 1.04. The molecule has 0 spiro atoms. The van der Waals surface area contributed by atoms with Crippen LogP contribution in [0.4, 0.5) is 3.89 Å². The van der Waals surface area contributed by atoms with E-state index in [2.05, 4.69) is 6.92 Å². The van der Waals surface area contributed by atoms with Crippen molar-refractivity contribution in [2.75, 3.05) is 0 Å². The lowest BCUT2D eigenvalue weighted by Gasteiger charge is -2.04. The standard InChI is InChI=1S/C9H11FS/c1-6-4-9(11-10)5-7(2)8(6)3/h4-5H,1-3H3. The minimum absolute atomic E-state index is 0.306. The van der Waals surface area contributed by atoms with Crippen LogP contribution in [-0.2, 0) is 0 Å². The molecule has 0 atom stereocenters. The summed E-state index contributed by atoms with van der Waals surface area (Å²) in [5, 5.41) is 0. The van der Waals surface area contributed by atoms with Crippen LogP contribution >= 0.6 is 12.1 Å². The highest BCUT2D eigenvalue weighted by molar-refractivity contribution is 7.94. The zero-order valence-corrected chi connectivity index (χ0v) is 7.76. The molecule has 0 aliphatic rings. The molecule has 0 nitrogen and oxygen atoms in total. The van der Waals surface area contributed by atoms with Crippen LogP contribution in [0, 0.1) is 20.8 Å². The average molecular weight is 170 g/mol. The van der Waals surface area contributed by atoms with Gasteiger partial charge in [0.2, 0.25) is 0 Å². The van der Waals surface area contributed by atoms with Gasteiger partial charge in [-0.2, -0.15) is 3.89 Å². The van der Waals surface area contributed by atoms with Crippen molar-refractivity contribution in [1.82, 2.24) is 0 Å². The highest BCUT2D eigenvalue weighted by Gasteiger charge is 2.00. The number of rotatable bonds is 1. The summed E-state index contributed by atoms with van der Waals surface area (Å²) in [6, 6.07) is 3.74. The lowest BCUT2D eigenvalue weighted by molar-refractivity contribution is 0.932. The quantitative estimate of drug-likeness (QED) is 0.620. The fourth-order valence-corrected chi connectivity index (χ4v) is 1.48. The van der Waals surface area contributed by atoms with E-state index in [9.17, 15) is 3.89 Å². The molecule has 2 heteroatoms. The zero-order chi connectivity index (χ0) is 8.43. The molecule has 60 valence electrons. The molecule has 1 aromatic carbocycles. The van der Waals surface area contributed by atoms with Crippen molar-refractivity contribution in [2.24, 2.45) is 0 Å². The SMILES string of the molecule is Cc1cc(SF)cc(C)c1C. The summed E-state index contributed by atoms with van der Waals surface area (Å²) in [6.07, 6.45) is 0. The lowest BCUT2D eigenvalue weighted by Crippen LogP contribution is -1.86. The van der Waals surface area contributed by atoms with Gasteiger partial charge in [0.15, 0.2) is 0 Å². The first-order valence-corrected chi connectivity index (χ1v) is 4.23. The third-order valence-corrected chi connectivity index (χ3v) is 2.40. The van der Waals surface area contributed by atoms with Gasteiger partial charge in [-0.25, -0.2) is 0 Å². The average Bonchev–Trinajstić information content (AvgIpc) is 1.99. The summed E-state index contributed by atoms with van der Waals surface area (Å²) in [5.41, 5.74) is 3.57. The fraction of sp³-hybridized carbons (Fsp3) is 0.333. The van der Waals surface area contributed by atoms with Crippen LogP contribution in [-0.4, -0.2) is 0 Å². The maximum absolute atomic E-state index is 12.1. The molecule has 0 bridgehead atoms. The molecule has 0 aromatic heterocycles. The number of halogens is 1. The van der Waals surface area contributed by atoms with E-state index in [4.69, 9.17) is 0 Å². The van der Waals surface area contributed by atoms with E-state index in [0.717, 1.165) is 11.1 Å². The largest absolute Gasteiger partial charge is 0.160 e. The third kappa shape index (κ3) is 1.74. The van der Waals surface area contributed by atoms with Crippen LogP contribution in [0.2, 0.25) is 0 Å². The van der Waals surface area contributed by atoms with Crippen molar-refractivity contribution < 1.29 is 3.89 Å². The first-order valence-electron chi connectivity index (χ1n) is 3.51. The Bertz CT molecular complexity index is 245. The molecule has 0 radical (unpaired) electrons. The van der Waals surface area contributed by atoms with Crippen molar-refractivity contribution in [2.45, 2.75) is 25.7 Å². The second-order valence-electron chi connectivity index (χ2n) is 2.76. The second kappa shape index (κ2) is 3.26. The lowest BCUT2D eigenvalue weighted by atomic mass is 10.1. The molecule has 0 heterocycles. The van der Waals surface area contributed by atoms with Crippen LogP contribution in [0.5, 0.6) is 0 Å². The van der Waals surface area contributed by atoms with Gasteiger partial charge in [-0.1, -0.05) is 0 Å². The summed E-state index contributed by atoms with van der Waals surface area (Å²) >= 11 is 0.306. The zero-order valence-electron chi connectivity index (χ0n) is 6.94. The molecule has 1 aromatic rings. The Labute approximate surface area is 71.1 Å². The topological polar surface area (TPSA) is 0 Å². The first-order chi connectivity index (χ1) is 5.15. The molecule has 1 rings (SSSR count). The predicted octanol–water partition coefficient (Wildman–Crippen LogP) is 3.59. The Kier molecular flexibility index (Phi) is 2.55. The molecule has 0 aliphatic carbocycles. The van der Waals surface area contributed by atoms with Gasteiger partial charge in [-0.05, 0) is 49.6 Å². The molecule has 0 saturated carbocycles. The van der Waals surface area contributed by atoms with E-state index < -0.39 is 0 Å². The molecule has 0 fully saturated rings. The number of aryl methyl sites for hydroxylation is 2. The Morgan fingerprint density at radius 3 is 1.91 bits per heavy atom. The highest BCUT2D eigenvalue weighted by Crippen LogP contribution is 2.24. The molecule has 0 unspecified atom stereocenters. The minimum atomic E-state index is 0.306. The molecule has 0 aliphatic heterocycles. The summed E-state index contributed by atoms with van der Waals surface area (Å²) in [6.45, 7) is 6.06. The number of benzene rings is 1. The van der Waals surface area contributed by atoms with Gasteiger partial charge in [0.1, 0.15) is 0 Å². The van der Waals surface area contributed by atoms with Gasteiger partial charge < -0.3 is 0 Å². The van der Waals surface area contributed by atoms with Gasteiger partial charge in [0, 0.05) is 4.90 Å². The monoisotopic (exact) mass is 170 g/mol. The van der Waals surface area contributed by atoms with E-state index in [0.29, 0.717) is 17.0 Å². The Hall–Kier alpha value is -0.500. The summed E-state index contributed by atoms with van der Waals surface area (Å²) in [4.78, 5) is 0.700. The van der Waals surface area contributed by atoms with Crippen LogP contribution in [0.15, 0.2) is 17.0 Å². The van der Waals surface area contributed by atoms with E-state index in [1.54, 1.807) is 0 Å². The summed E-state index contributed by atoms with van der Waals surface area (Å²) < 4.78 is 12.1. The van der Waals surface area contributed by atoms with Gasteiger partial charge in [-0.3, -0.25) is 0 Å². The Morgan fingerprint density at radius 1 is 1.09 bits per heavy atom. The molecular weight excluding hydrogens is 159 g/mol. The van der Waals surface area contributed by atoms with Crippen LogP contribution < -0.4 is 0 Å². The first kappa shape index (κ1) is 8.60. The van der Waals surface area contributed by atoms with E-state index in [-0.39, 0.29) is 0 Å². The Morgan fingerprint density at radius 2 is 1.55 bits per heavy atom. The van der Waals surface area contributed by atoms with Crippen LogP contribution in [0.1, 0.15) is 16.7 Å². The summed E-state index contributed by atoms with van der Waals surface area (Å²) in [7, 11) is 0. The maximum Gasteiger partial charge on any atom is 0.0812 e. The molecule has 0 amide bonds. The third-order valence-electron chi connectivity index (χ3n) is 1.99. The van der Waals surface area contributed by atoms with Crippen molar-refractivity contribution in [3.05, 3.63) is 28.8 Å². The Balaban J connectivity index is 3.21. The maximum atomic E-state index is 12.1. The second-order valence-corrected chi connectivity index (χ2v) is 3.38. The smallest absolute Gasteiger partial charge is 0.0812 e. The number of hydrogen-bond donors (Lipinski definition) is 0. The normalized spacial score (nSPS) is 10.2. The molecule has 11 heavy (non-hydrogen) atoms. The van der Waals surface area contributed by atoms with E-state index in [1.807, 2.05) is 26.0 Å². The highest BCUT2D eigenvalue weighted by atomic mass is 32.2. The van der Waals surface area contributed by atoms with Crippen LogP contribution in [0.3, 0.4) is 0 Å². The van der Waals surface area contributed by atoms with Crippen LogP contribution in [0.25, 0.3) is 0 Å². The van der Waals surface area contributed by atoms with Crippen molar-refractivity contribution in [3.63, 3.8) is 0 Å². The minimum Gasteiger partial charge on any atom is -0.160 e. The van der Waals surface area contributed by atoms with Gasteiger partial charge in [0.05, 0.1) is 12.1 Å². The predicted molar refractivity (Wildman–Crippen MR) is 47.6 cm³/mol. The van der Waals surface area contributed by atoms with Gasteiger partial charge in [0.25, 0.3) is 0 Å². The van der Waals surface area contributed by atoms with Crippen molar-refractivity contribution >= 4 is 12.1 Å². The molecule has 0 N–H and O–H groups in total. The van der Waals surface area contributed by atoms with Crippen molar-refractivity contribution in [1.29, 1.82) is 0 Å². The van der Waals surface area contributed by atoms with Gasteiger partial charge >= 0.3 is 0 Å². The van der Waals surface area contributed by atoms with Gasteiger partial charge in [-0.15, -0.1) is 0 Å². The number of hydrogen-bond acceptors (Lipinski definition) is 1. The summed E-state index contributed by atoms with van der Waals surface area (Å²) in [5.74, 6) is 0. The van der Waals surface area contributed by atoms with E-state index >= 15 is 0 Å².